The molecule has 1 heterocycles. The molecule has 0 radical (unpaired) electrons. The van der Waals surface area contributed by atoms with Gasteiger partial charge in [0.05, 0.1) is 17.8 Å². The zero-order valence-corrected chi connectivity index (χ0v) is 7.77. The Morgan fingerprint density at radius 3 is 2.43 bits per heavy atom. The highest BCUT2D eigenvalue weighted by molar-refractivity contribution is 6.09. The van der Waals surface area contributed by atoms with Gasteiger partial charge in [0.15, 0.2) is 0 Å². The van der Waals surface area contributed by atoms with Gasteiger partial charge in [-0.25, -0.2) is 0 Å². The number of carbonyl (C=O) groups excluding carboxylic acids is 2. The number of likely N-dealkylation sites (tertiary alicyclic amines) is 1. The summed E-state index contributed by atoms with van der Waals surface area (Å²) in [6.45, 7) is 1.51. The normalized spacial score (nSPS) is 31.6. The molecule has 1 N–H and O–H groups in total. The number of hydrogen-bond acceptors (Lipinski definition) is 3. The smallest absolute Gasteiger partial charge is 0.308 e. The van der Waals surface area contributed by atoms with Gasteiger partial charge in [-0.3, -0.25) is 19.3 Å². The number of carbonyl (C=O) groups is 3. The number of nitrogens with zero attached hydrogens (tertiary/aromatic N) is 1. The average molecular weight is 197 g/mol. The van der Waals surface area contributed by atoms with Crippen LogP contribution in [0.1, 0.15) is 13.3 Å². The largest absolute Gasteiger partial charge is 0.481 e. The van der Waals surface area contributed by atoms with Crippen LogP contribution in [0.4, 0.5) is 0 Å². The molecule has 1 saturated carbocycles. The van der Waals surface area contributed by atoms with Crippen LogP contribution in [-0.4, -0.2) is 34.3 Å². The summed E-state index contributed by atoms with van der Waals surface area (Å²) in [4.78, 5) is 34.5. The van der Waals surface area contributed by atoms with E-state index in [0.717, 1.165) is 4.90 Å². The molecule has 0 aromatic carbocycles. The van der Waals surface area contributed by atoms with Gasteiger partial charge in [-0.15, -0.1) is 0 Å². The van der Waals surface area contributed by atoms with E-state index in [4.69, 9.17) is 5.11 Å². The molecule has 76 valence electrons. The summed E-state index contributed by atoms with van der Waals surface area (Å²) in [7, 11) is 0. The standard InChI is InChI=1S/C9H11NO4/c1-4(9(13)14)3-10-7(11)5-2-6(5)8(10)12/h4-6H,2-3H2,1H3,(H,13,14). The number of hydrogen-bond donors (Lipinski definition) is 1. The first-order valence-electron chi connectivity index (χ1n) is 4.60. The Hall–Kier alpha value is -1.39. The maximum Gasteiger partial charge on any atom is 0.308 e. The highest BCUT2D eigenvalue weighted by atomic mass is 16.4. The van der Waals surface area contributed by atoms with Crippen LogP contribution in [0.5, 0.6) is 0 Å². The molecule has 2 fully saturated rings. The lowest BCUT2D eigenvalue weighted by Gasteiger charge is -2.18. The van der Waals surface area contributed by atoms with Crippen molar-refractivity contribution in [2.45, 2.75) is 13.3 Å². The van der Waals surface area contributed by atoms with Gasteiger partial charge in [0.1, 0.15) is 0 Å². The molecule has 0 spiro atoms. The molecule has 2 amide bonds. The SMILES string of the molecule is CC(CN1C(=O)C2CC2C1=O)C(=O)O. The molecule has 3 unspecified atom stereocenters. The molecule has 5 nitrogen and oxygen atoms in total. The highest BCUT2D eigenvalue weighted by Crippen LogP contribution is 2.47. The molecular weight excluding hydrogens is 186 g/mol. The molecule has 5 heteroatoms. The van der Waals surface area contributed by atoms with E-state index in [9.17, 15) is 14.4 Å². The molecular formula is C9H11NO4. The topological polar surface area (TPSA) is 74.7 Å². The zero-order chi connectivity index (χ0) is 10.5. The van der Waals surface area contributed by atoms with Crippen molar-refractivity contribution in [1.82, 2.24) is 4.90 Å². The molecule has 0 aromatic rings. The Kier molecular flexibility index (Phi) is 1.83. The summed E-state index contributed by atoms with van der Waals surface area (Å²) in [6, 6.07) is 0. The third kappa shape index (κ3) is 1.20. The van der Waals surface area contributed by atoms with Crippen LogP contribution in [-0.2, 0) is 14.4 Å². The van der Waals surface area contributed by atoms with Crippen LogP contribution in [0, 0.1) is 17.8 Å². The average Bonchev–Trinajstić information content (AvgIpc) is 2.86. The van der Waals surface area contributed by atoms with Crippen molar-refractivity contribution >= 4 is 17.8 Å². The van der Waals surface area contributed by atoms with Crippen LogP contribution in [0.25, 0.3) is 0 Å². The molecule has 0 aromatic heterocycles. The van der Waals surface area contributed by atoms with Crippen LogP contribution >= 0.6 is 0 Å². The predicted octanol–water partition coefficient (Wildman–Crippen LogP) is -0.288. The van der Waals surface area contributed by atoms with E-state index in [1.54, 1.807) is 0 Å². The Labute approximate surface area is 80.7 Å². The van der Waals surface area contributed by atoms with Crippen LogP contribution in [0.2, 0.25) is 0 Å². The summed E-state index contributed by atoms with van der Waals surface area (Å²) in [5.74, 6) is -2.31. The predicted molar refractivity (Wildman–Crippen MR) is 45.1 cm³/mol. The second-order valence-corrected chi connectivity index (χ2v) is 3.98. The Balaban J connectivity index is 2.02. The highest BCUT2D eigenvalue weighted by Gasteiger charge is 2.58. The second kappa shape index (κ2) is 2.80. The van der Waals surface area contributed by atoms with Gasteiger partial charge >= 0.3 is 5.97 Å². The van der Waals surface area contributed by atoms with Crippen LogP contribution in [0.3, 0.4) is 0 Å². The molecule has 0 bridgehead atoms. The lowest BCUT2D eigenvalue weighted by atomic mass is 10.1. The fourth-order valence-corrected chi connectivity index (χ4v) is 1.78. The van der Waals surface area contributed by atoms with Crippen molar-refractivity contribution < 1.29 is 19.5 Å². The van der Waals surface area contributed by atoms with E-state index in [1.807, 2.05) is 0 Å². The summed E-state index contributed by atoms with van der Waals surface area (Å²) in [5.41, 5.74) is 0. The molecule has 1 aliphatic heterocycles. The first-order valence-corrected chi connectivity index (χ1v) is 4.60. The number of aliphatic carboxylic acids is 1. The minimum atomic E-state index is -0.980. The summed E-state index contributed by atoms with van der Waals surface area (Å²) in [6.07, 6.45) is 0.662. The minimum Gasteiger partial charge on any atom is -0.481 e. The summed E-state index contributed by atoms with van der Waals surface area (Å²) < 4.78 is 0. The van der Waals surface area contributed by atoms with Crippen LogP contribution < -0.4 is 0 Å². The van der Waals surface area contributed by atoms with Crippen molar-refractivity contribution in [3.8, 4) is 0 Å². The molecule has 14 heavy (non-hydrogen) atoms. The number of piperidine rings is 1. The quantitative estimate of drug-likeness (QED) is 0.631. The maximum absolute atomic E-state index is 11.4. The maximum atomic E-state index is 11.4. The van der Waals surface area contributed by atoms with Crippen molar-refractivity contribution in [1.29, 1.82) is 0 Å². The third-order valence-corrected chi connectivity index (χ3v) is 2.83. The molecule has 2 aliphatic rings. The molecule has 2 rings (SSSR count). The van der Waals surface area contributed by atoms with Crippen molar-refractivity contribution in [2.75, 3.05) is 6.54 Å². The van der Waals surface area contributed by atoms with E-state index in [2.05, 4.69) is 0 Å². The van der Waals surface area contributed by atoms with Gasteiger partial charge in [-0.2, -0.15) is 0 Å². The Morgan fingerprint density at radius 2 is 2.00 bits per heavy atom. The number of amides is 2. The summed E-state index contributed by atoms with van der Waals surface area (Å²) in [5, 5.41) is 8.64. The number of fused-ring (bicyclic) bond motifs is 1. The van der Waals surface area contributed by atoms with Gasteiger partial charge in [-0.1, -0.05) is 6.92 Å². The molecule has 1 saturated heterocycles. The third-order valence-electron chi connectivity index (χ3n) is 2.83. The fraction of sp³-hybridized carbons (Fsp3) is 0.667. The van der Waals surface area contributed by atoms with Gasteiger partial charge in [-0.05, 0) is 6.42 Å². The van der Waals surface area contributed by atoms with Gasteiger partial charge in [0, 0.05) is 6.54 Å². The van der Waals surface area contributed by atoms with Gasteiger partial charge in [0.2, 0.25) is 11.8 Å². The number of rotatable bonds is 3. The van der Waals surface area contributed by atoms with E-state index >= 15 is 0 Å². The first kappa shape index (κ1) is 9.18. The van der Waals surface area contributed by atoms with E-state index < -0.39 is 11.9 Å². The second-order valence-electron chi connectivity index (χ2n) is 3.98. The fourth-order valence-electron chi connectivity index (χ4n) is 1.78. The van der Waals surface area contributed by atoms with E-state index in [0.29, 0.717) is 6.42 Å². The lowest BCUT2D eigenvalue weighted by Crippen LogP contribution is -2.38. The lowest BCUT2D eigenvalue weighted by molar-refractivity contribution is -0.146. The Morgan fingerprint density at radius 1 is 1.50 bits per heavy atom. The number of imide groups is 1. The molecule has 1 aliphatic carbocycles. The zero-order valence-electron chi connectivity index (χ0n) is 7.77. The minimum absolute atomic E-state index is 0.0139. The van der Waals surface area contributed by atoms with Gasteiger partial charge < -0.3 is 5.11 Å². The van der Waals surface area contributed by atoms with E-state index in [1.165, 1.54) is 6.92 Å². The monoisotopic (exact) mass is 197 g/mol. The van der Waals surface area contributed by atoms with Gasteiger partial charge in [0.25, 0.3) is 0 Å². The van der Waals surface area contributed by atoms with Crippen LogP contribution in [0.15, 0.2) is 0 Å². The summed E-state index contributed by atoms with van der Waals surface area (Å²) >= 11 is 0. The van der Waals surface area contributed by atoms with Crippen molar-refractivity contribution in [3.05, 3.63) is 0 Å². The van der Waals surface area contributed by atoms with Crippen molar-refractivity contribution in [3.63, 3.8) is 0 Å². The van der Waals surface area contributed by atoms with Crippen molar-refractivity contribution in [2.24, 2.45) is 17.8 Å². The first-order chi connectivity index (χ1) is 6.52. The number of carboxylic acid groups (broad SMARTS) is 1. The van der Waals surface area contributed by atoms with E-state index in [-0.39, 0.29) is 30.2 Å². The Bertz CT molecular complexity index is 305. The number of carboxylic acids is 1. The molecule has 3 atom stereocenters.